The number of hydrazine groups is 1. The van der Waals surface area contributed by atoms with Crippen molar-refractivity contribution in [1.82, 2.24) is 5.01 Å². The third-order valence-electron chi connectivity index (χ3n) is 1.59. The molecular formula is C5H11N3O. The van der Waals surface area contributed by atoms with E-state index in [-0.39, 0.29) is 4.97 Å². The summed E-state index contributed by atoms with van der Waals surface area (Å²) in [5.74, 6) is 0. The first-order valence-electron chi connectivity index (χ1n) is 3.24. The lowest BCUT2D eigenvalue weighted by Crippen LogP contribution is -2.34. The van der Waals surface area contributed by atoms with Crippen molar-refractivity contribution in [2.45, 2.75) is 19.3 Å². The average Bonchev–Trinajstić information content (AvgIpc) is 1.90. The maximum atomic E-state index is 10.3. The highest BCUT2D eigenvalue weighted by Crippen LogP contribution is 2.07. The zero-order valence-corrected chi connectivity index (χ0v) is 5.34. The molecule has 0 aromatic rings. The van der Waals surface area contributed by atoms with E-state index >= 15 is 0 Å². The second-order valence-corrected chi connectivity index (χ2v) is 2.29. The number of nitrogens with one attached hydrogen (secondary N) is 1. The van der Waals surface area contributed by atoms with Gasteiger partial charge >= 0.3 is 0 Å². The van der Waals surface area contributed by atoms with E-state index in [1.165, 1.54) is 11.4 Å². The van der Waals surface area contributed by atoms with E-state index in [0.29, 0.717) is 0 Å². The SMILES string of the molecule is N=[N+]([O-])N1CCCCC1. The molecule has 1 heterocycles. The fourth-order valence-electron chi connectivity index (χ4n) is 1.06. The minimum Gasteiger partial charge on any atom is -0.572 e. The average molecular weight is 129 g/mol. The standard InChI is InChI=1S/C5H11N3O/c6-8(9)7-4-2-1-3-5-7/h6H,1-5H2. The highest BCUT2D eigenvalue weighted by molar-refractivity contribution is 4.54. The monoisotopic (exact) mass is 129 g/mol. The summed E-state index contributed by atoms with van der Waals surface area (Å²) < 4.78 is 0. The van der Waals surface area contributed by atoms with Gasteiger partial charge in [0, 0.05) is 4.97 Å². The lowest BCUT2D eigenvalue weighted by Gasteiger charge is -2.21. The Morgan fingerprint density at radius 2 is 1.78 bits per heavy atom. The van der Waals surface area contributed by atoms with Gasteiger partial charge in [0.05, 0.1) is 13.1 Å². The Morgan fingerprint density at radius 3 is 2.11 bits per heavy atom. The molecule has 4 nitrogen and oxygen atoms in total. The van der Waals surface area contributed by atoms with Crippen LogP contribution in [-0.2, 0) is 0 Å². The maximum Gasteiger partial charge on any atom is 0.0767 e. The molecule has 0 aromatic carbocycles. The van der Waals surface area contributed by atoms with E-state index in [0.717, 1.165) is 25.9 Å². The second kappa shape index (κ2) is 2.66. The largest absolute Gasteiger partial charge is 0.572 e. The van der Waals surface area contributed by atoms with E-state index in [2.05, 4.69) is 0 Å². The summed E-state index contributed by atoms with van der Waals surface area (Å²) in [6, 6.07) is 0. The zero-order chi connectivity index (χ0) is 6.69. The van der Waals surface area contributed by atoms with Gasteiger partial charge < -0.3 is 5.21 Å². The molecule has 9 heavy (non-hydrogen) atoms. The summed E-state index contributed by atoms with van der Waals surface area (Å²) in [6.45, 7) is 1.51. The molecule has 0 atom stereocenters. The fraction of sp³-hybridized carbons (Fsp3) is 1.00. The van der Waals surface area contributed by atoms with E-state index in [1.54, 1.807) is 0 Å². The first kappa shape index (κ1) is 6.32. The van der Waals surface area contributed by atoms with Crippen LogP contribution in [0.5, 0.6) is 0 Å². The van der Waals surface area contributed by atoms with Crippen LogP contribution in [0.1, 0.15) is 19.3 Å². The van der Waals surface area contributed by atoms with Crippen molar-refractivity contribution in [2.75, 3.05) is 13.1 Å². The van der Waals surface area contributed by atoms with Crippen molar-refractivity contribution in [3.05, 3.63) is 5.21 Å². The normalized spacial score (nSPS) is 19.8. The van der Waals surface area contributed by atoms with Crippen LogP contribution in [0.4, 0.5) is 0 Å². The quantitative estimate of drug-likeness (QED) is 0.325. The van der Waals surface area contributed by atoms with E-state index < -0.39 is 0 Å². The summed E-state index contributed by atoms with van der Waals surface area (Å²) in [4.78, 5) is 0.194. The van der Waals surface area contributed by atoms with Gasteiger partial charge in [-0.15, -0.1) is 5.01 Å². The summed E-state index contributed by atoms with van der Waals surface area (Å²) in [5.41, 5.74) is 6.68. The van der Waals surface area contributed by atoms with Crippen LogP contribution in [-0.4, -0.2) is 23.1 Å². The molecule has 0 saturated carbocycles. The summed E-state index contributed by atoms with van der Waals surface area (Å²) in [5, 5.41) is 11.8. The van der Waals surface area contributed by atoms with Crippen molar-refractivity contribution >= 4 is 0 Å². The zero-order valence-electron chi connectivity index (χ0n) is 5.34. The fourth-order valence-corrected chi connectivity index (χ4v) is 1.06. The Balaban J connectivity index is 2.31. The first-order chi connectivity index (χ1) is 4.30. The van der Waals surface area contributed by atoms with Gasteiger partial charge in [-0.2, -0.15) is 0 Å². The van der Waals surface area contributed by atoms with Gasteiger partial charge in [-0.25, -0.2) is 0 Å². The molecular weight excluding hydrogens is 118 g/mol. The van der Waals surface area contributed by atoms with Gasteiger partial charge in [-0.1, -0.05) is 0 Å². The third kappa shape index (κ3) is 1.55. The molecule has 0 aromatic heterocycles. The van der Waals surface area contributed by atoms with E-state index in [9.17, 15) is 5.21 Å². The molecule has 0 spiro atoms. The van der Waals surface area contributed by atoms with Gasteiger partial charge in [0.2, 0.25) is 0 Å². The second-order valence-electron chi connectivity index (χ2n) is 2.29. The Kier molecular flexibility index (Phi) is 1.87. The highest BCUT2D eigenvalue weighted by atomic mass is 16.5. The van der Waals surface area contributed by atoms with Crippen molar-refractivity contribution in [1.29, 1.82) is 5.53 Å². The number of nitrogens with zero attached hydrogens (tertiary/aromatic N) is 2. The number of rotatable bonds is 1. The Morgan fingerprint density at radius 1 is 1.22 bits per heavy atom. The molecule has 4 heteroatoms. The van der Waals surface area contributed by atoms with Crippen LogP contribution < -0.4 is 0 Å². The van der Waals surface area contributed by atoms with Crippen LogP contribution in [0.15, 0.2) is 0 Å². The van der Waals surface area contributed by atoms with Crippen molar-refractivity contribution in [2.24, 2.45) is 0 Å². The van der Waals surface area contributed by atoms with Gasteiger partial charge in [0.15, 0.2) is 0 Å². The molecule has 0 unspecified atom stereocenters. The minimum absolute atomic E-state index is 0.194. The van der Waals surface area contributed by atoms with E-state index in [4.69, 9.17) is 5.53 Å². The smallest absolute Gasteiger partial charge is 0.0767 e. The Labute approximate surface area is 54.1 Å². The van der Waals surface area contributed by atoms with Gasteiger partial charge in [0.25, 0.3) is 0 Å². The van der Waals surface area contributed by atoms with Crippen LogP contribution in [0, 0.1) is 10.7 Å². The van der Waals surface area contributed by atoms with Crippen molar-refractivity contribution < 1.29 is 4.97 Å². The van der Waals surface area contributed by atoms with Gasteiger partial charge in [-0.3, -0.25) is 0 Å². The molecule has 1 rings (SSSR count). The molecule has 52 valence electrons. The maximum absolute atomic E-state index is 10.3. The van der Waals surface area contributed by atoms with Crippen molar-refractivity contribution in [3.63, 3.8) is 0 Å². The minimum atomic E-state index is 0.194. The molecule has 0 bridgehead atoms. The number of hydrogen-bond acceptors (Lipinski definition) is 2. The number of piperidine rings is 1. The van der Waals surface area contributed by atoms with Gasteiger partial charge in [0.1, 0.15) is 0 Å². The molecule has 1 aliphatic rings. The summed E-state index contributed by atoms with van der Waals surface area (Å²) in [7, 11) is 0. The molecule has 1 aliphatic heterocycles. The lowest BCUT2D eigenvalue weighted by molar-refractivity contribution is -0.712. The van der Waals surface area contributed by atoms with E-state index in [1.807, 2.05) is 0 Å². The van der Waals surface area contributed by atoms with Crippen molar-refractivity contribution in [3.8, 4) is 0 Å². The summed E-state index contributed by atoms with van der Waals surface area (Å²) in [6.07, 6.45) is 3.31. The molecule has 0 aliphatic carbocycles. The van der Waals surface area contributed by atoms with Crippen LogP contribution in [0.25, 0.3) is 0 Å². The first-order valence-corrected chi connectivity index (χ1v) is 3.24. The Bertz CT molecular complexity index is 109. The lowest BCUT2D eigenvalue weighted by atomic mass is 10.2. The highest BCUT2D eigenvalue weighted by Gasteiger charge is 2.13. The summed E-state index contributed by atoms with van der Waals surface area (Å²) >= 11 is 0. The predicted octanol–water partition coefficient (Wildman–Crippen LogP) is 0.929. The van der Waals surface area contributed by atoms with Crippen LogP contribution in [0.2, 0.25) is 0 Å². The van der Waals surface area contributed by atoms with Gasteiger partial charge in [-0.05, 0) is 24.8 Å². The molecule has 0 amide bonds. The molecule has 0 radical (unpaired) electrons. The Hall–Kier alpha value is -0.800. The van der Waals surface area contributed by atoms with Crippen LogP contribution in [0.3, 0.4) is 0 Å². The van der Waals surface area contributed by atoms with Crippen LogP contribution >= 0.6 is 0 Å². The molecule has 1 N–H and O–H groups in total. The third-order valence-corrected chi connectivity index (χ3v) is 1.59. The molecule has 1 fully saturated rings. The number of hydrogen-bond donors (Lipinski definition) is 1. The molecule has 1 saturated heterocycles. The predicted molar refractivity (Wildman–Crippen MR) is 31.8 cm³/mol. The topological polar surface area (TPSA) is 53.2 Å².